The molecule has 1 aliphatic rings. The molecular weight excluding hydrogens is 184 g/mol. The molecule has 1 unspecified atom stereocenters. The second kappa shape index (κ2) is 5.66. The van der Waals surface area contributed by atoms with Crippen molar-refractivity contribution in [1.82, 2.24) is 10.2 Å². The molecule has 1 fully saturated rings. The first-order chi connectivity index (χ1) is 7.03. The quantitative estimate of drug-likeness (QED) is 0.717. The molecule has 1 N–H and O–H groups in total. The number of nitrogens with one attached hydrogen (secondary N) is 1. The Kier molecular flexibility index (Phi) is 4.81. The van der Waals surface area contributed by atoms with E-state index in [1.165, 1.54) is 25.8 Å². The van der Waals surface area contributed by atoms with Crippen LogP contribution in [-0.2, 0) is 0 Å². The molecule has 88 valence electrons. The van der Waals surface area contributed by atoms with Gasteiger partial charge in [0.15, 0.2) is 0 Å². The Bertz CT molecular complexity index is 193. The molecule has 0 saturated carbocycles. The Balaban J connectivity index is 2.38. The Hall–Kier alpha value is -0.340. The van der Waals surface area contributed by atoms with E-state index in [2.05, 4.69) is 37.6 Å². The largest absolute Gasteiger partial charge is 0.311 e. The minimum atomic E-state index is 0.233. The standard InChI is InChI=1S/C13H26N2/c1-5-9-15-10-7-6-8-12(15)11-14-13(2,3)4/h5,12,14H,1,6-11H2,2-4H3. The van der Waals surface area contributed by atoms with Gasteiger partial charge < -0.3 is 5.32 Å². The number of piperidine rings is 1. The molecule has 1 rings (SSSR count). The van der Waals surface area contributed by atoms with Crippen molar-refractivity contribution in [3.05, 3.63) is 12.7 Å². The second-order valence-electron chi connectivity index (χ2n) is 5.56. The Morgan fingerprint density at radius 1 is 1.40 bits per heavy atom. The molecule has 1 saturated heterocycles. The molecule has 1 heterocycles. The van der Waals surface area contributed by atoms with Gasteiger partial charge in [0.05, 0.1) is 0 Å². The van der Waals surface area contributed by atoms with Crippen LogP contribution in [-0.4, -0.2) is 36.1 Å². The van der Waals surface area contributed by atoms with Gasteiger partial charge in [-0.25, -0.2) is 0 Å². The van der Waals surface area contributed by atoms with Crippen LogP contribution >= 0.6 is 0 Å². The van der Waals surface area contributed by atoms with E-state index >= 15 is 0 Å². The van der Waals surface area contributed by atoms with Gasteiger partial charge in [-0.1, -0.05) is 12.5 Å². The summed E-state index contributed by atoms with van der Waals surface area (Å²) in [6, 6.07) is 0.705. The first-order valence-electron chi connectivity index (χ1n) is 6.13. The fourth-order valence-corrected chi connectivity index (χ4v) is 2.12. The van der Waals surface area contributed by atoms with Crippen molar-refractivity contribution in [3.63, 3.8) is 0 Å². The summed E-state index contributed by atoms with van der Waals surface area (Å²) in [6.07, 6.45) is 6.08. The van der Waals surface area contributed by atoms with Gasteiger partial charge in [0.25, 0.3) is 0 Å². The zero-order valence-corrected chi connectivity index (χ0v) is 10.6. The molecule has 0 aromatic rings. The highest BCUT2D eigenvalue weighted by Crippen LogP contribution is 2.16. The summed E-state index contributed by atoms with van der Waals surface area (Å²) in [7, 11) is 0. The molecular formula is C13H26N2. The van der Waals surface area contributed by atoms with E-state index in [0.29, 0.717) is 6.04 Å². The Labute approximate surface area is 94.7 Å². The van der Waals surface area contributed by atoms with E-state index in [4.69, 9.17) is 0 Å². The zero-order chi connectivity index (χ0) is 11.3. The number of hydrogen-bond donors (Lipinski definition) is 1. The highest BCUT2D eigenvalue weighted by atomic mass is 15.2. The molecule has 0 aromatic heterocycles. The fraction of sp³-hybridized carbons (Fsp3) is 0.846. The summed E-state index contributed by atoms with van der Waals surface area (Å²) in [5.74, 6) is 0. The van der Waals surface area contributed by atoms with Crippen LogP contribution in [0.15, 0.2) is 12.7 Å². The molecule has 2 heteroatoms. The average molecular weight is 210 g/mol. The van der Waals surface area contributed by atoms with Crippen molar-refractivity contribution in [1.29, 1.82) is 0 Å². The minimum absolute atomic E-state index is 0.233. The van der Waals surface area contributed by atoms with Gasteiger partial charge in [-0.15, -0.1) is 6.58 Å². The van der Waals surface area contributed by atoms with Crippen LogP contribution in [0.5, 0.6) is 0 Å². The van der Waals surface area contributed by atoms with Crippen molar-refractivity contribution in [2.45, 2.75) is 51.6 Å². The molecule has 0 bridgehead atoms. The molecule has 1 aliphatic heterocycles. The lowest BCUT2D eigenvalue weighted by molar-refractivity contribution is 0.154. The highest BCUT2D eigenvalue weighted by Gasteiger charge is 2.22. The number of likely N-dealkylation sites (tertiary alicyclic amines) is 1. The topological polar surface area (TPSA) is 15.3 Å². The SMILES string of the molecule is C=CCN1CCCCC1CNC(C)(C)C. The van der Waals surface area contributed by atoms with Crippen molar-refractivity contribution in [3.8, 4) is 0 Å². The third-order valence-electron chi connectivity index (χ3n) is 2.98. The van der Waals surface area contributed by atoms with Gasteiger partial charge >= 0.3 is 0 Å². The second-order valence-corrected chi connectivity index (χ2v) is 5.56. The lowest BCUT2D eigenvalue weighted by Crippen LogP contribution is -2.49. The van der Waals surface area contributed by atoms with E-state index < -0.39 is 0 Å². The smallest absolute Gasteiger partial charge is 0.0224 e. The summed E-state index contributed by atoms with van der Waals surface area (Å²) in [5, 5.41) is 3.60. The van der Waals surface area contributed by atoms with E-state index in [1.807, 2.05) is 6.08 Å². The molecule has 2 nitrogen and oxygen atoms in total. The van der Waals surface area contributed by atoms with Crippen molar-refractivity contribution >= 4 is 0 Å². The summed E-state index contributed by atoms with van der Waals surface area (Å²) < 4.78 is 0. The minimum Gasteiger partial charge on any atom is -0.311 e. The maximum Gasteiger partial charge on any atom is 0.0224 e. The number of rotatable bonds is 4. The van der Waals surface area contributed by atoms with Gasteiger partial charge in [0.1, 0.15) is 0 Å². The van der Waals surface area contributed by atoms with Crippen molar-refractivity contribution in [2.24, 2.45) is 0 Å². The fourth-order valence-electron chi connectivity index (χ4n) is 2.12. The molecule has 0 amide bonds. The van der Waals surface area contributed by atoms with E-state index in [9.17, 15) is 0 Å². The van der Waals surface area contributed by atoms with Crippen molar-refractivity contribution < 1.29 is 0 Å². The summed E-state index contributed by atoms with van der Waals surface area (Å²) in [5.41, 5.74) is 0.233. The predicted octanol–water partition coefficient (Wildman–Crippen LogP) is 2.42. The van der Waals surface area contributed by atoms with E-state index in [0.717, 1.165) is 13.1 Å². The van der Waals surface area contributed by atoms with Crippen LogP contribution in [0, 0.1) is 0 Å². The monoisotopic (exact) mass is 210 g/mol. The van der Waals surface area contributed by atoms with Gasteiger partial charge in [-0.3, -0.25) is 4.90 Å². The number of nitrogens with zero attached hydrogens (tertiary/aromatic N) is 1. The zero-order valence-electron chi connectivity index (χ0n) is 10.6. The third-order valence-corrected chi connectivity index (χ3v) is 2.98. The first-order valence-corrected chi connectivity index (χ1v) is 6.13. The maximum absolute atomic E-state index is 3.84. The van der Waals surface area contributed by atoms with Gasteiger partial charge in [0, 0.05) is 24.7 Å². The maximum atomic E-state index is 3.84. The van der Waals surface area contributed by atoms with Crippen LogP contribution in [0.25, 0.3) is 0 Å². The molecule has 0 radical (unpaired) electrons. The Morgan fingerprint density at radius 2 is 2.13 bits per heavy atom. The lowest BCUT2D eigenvalue weighted by Gasteiger charge is -2.37. The van der Waals surface area contributed by atoms with Gasteiger partial charge in [-0.05, 0) is 40.2 Å². The molecule has 0 aromatic carbocycles. The van der Waals surface area contributed by atoms with Crippen LogP contribution < -0.4 is 5.32 Å². The molecule has 15 heavy (non-hydrogen) atoms. The number of hydrogen-bond acceptors (Lipinski definition) is 2. The Morgan fingerprint density at radius 3 is 2.73 bits per heavy atom. The predicted molar refractivity (Wildman–Crippen MR) is 67.2 cm³/mol. The molecule has 0 aliphatic carbocycles. The van der Waals surface area contributed by atoms with Gasteiger partial charge in [0.2, 0.25) is 0 Å². The summed E-state index contributed by atoms with van der Waals surface area (Å²) in [6.45, 7) is 13.9. The average Bonchev–Trinajstić information content (AvgIpc) is 2.16. The molecule has 0 spiro atoms. The summed E-state index contributed by atoms with van der Waals surface area (Å²) in [4.78, 5) is 2.55. The summed E-state index contributed by atoms with van der Waals surface area (Å²) >= 11 is 0. The van der Waals surface area contributed by atoms with Crippen LogP contribution in [0.3, 0.4) is 0 Å². The van der Waals surface area contributed by atoms with Crippen LogP contribution in [0.4, 0.5) is 0 Å². The van der Waals surface area contributed by atoms with Crippen molar-refractivity contribution in [2.75, 3.05) is 19.6 Å². The normalized spacial score (nSPS) is 24.1. The third kappa shape index (κ3) is 4.80. The van der Waals surface area contributed by atoms with Crippen LogP contribution in [0.1, 0.15) is 40.0 Å². The van der Waals surface area contributed by atoms with Gasteiger partial charge in [-0.2, -0.15) is 0 Å². The lowest BCUT2D eigenvalue weighted by atomic mass is 10.0. The van der Waals surface area contributed by atoms with Crippen LogP contribution in [0.2, 0.25) is 0 Å². The first kappa shape index (κ1) is 12.7. The van der Waals surface area contributed by atoms with E-state index in [1.54, 1.807) is 0 Å². The molecule has 1 atom stereocenters. The highest BCUT2D eigenvalue weighted by molar-refractivity contribution is 4.85. The van der Waals surface area contributed by atoms with E-state index in [-0.39, 0.29) is 5.54 Å².